The van der Waals surface area contributed by atoms with Gasteiger partial charge < -0.3 is 4.90 Å². The molecule has 4 unspecified atom stereocenters. The Kier molecular flexibility index (Phi) is 3.91. The molecule has 0 aromatic heterocycles. The lowest BCUT2D eigenvalue weighted by Crippen LogP contribution is -3.16. The molecule has 2 heterocycles. The molecule has 0 amide bonds. The van der Waals surface area contributed by atoms with E-state index in [1.54, 1.807) is 11.3 Å². The zero-order valence-corrected chi connectivity index (χ0v) is 13.7. The Labute approximate surface area is 129 Å². The third kappa shape index (κ3) is 2.72. The van der Waals surface area contributed by atoms with Crippen molar-refractivity contribution in [1.82, 2.24) is 0 Å². The Hall–Kier alpha value is -0.630. The minimum Gasteiger partial charge on any atom is -0.334 e. The molecule has 2 nitrogen and oxygen atoms in total. The van der Waals surface area contributed by atoms with Gasteiger partial charge in [-0.1, -0.05) is 6.42 Å². The van der Waals surface area contributed by atoms with Crippen molar-refractivity contribution in [2.45, 2.75) is 76.7 Å². The lowest BCUT2D eigenvalue weighted by molar-refractivity contribution is -0.919. The normalized spacial score (nSPS) is 40.3. The van der Waals surface area contributed by atoms with E-state index >= 15 is 0 Å². The second-order valence-corrected chi connectivity index (χ2v) is 7.99. The molecule has 4 rings (SSSR count). The van der Waals surface area contributed by atoms with Gasteiger partial charge >= 0.3 is 0 Å². The fraction of sp³-hybridized carbons (Fsp3) is 0.842. The van der Waals surface area contributed by atoms with Gasteiger partial charge in [0, 0.05) is 23.2 Å². The number of allylic oxidation sites excluding steroid dienone is 2. The maximum atomic E-state index is 5.18. The van der Waals surface area contributed by atoms with Crippen LogP contribution in [0.4, 0.5) is 0 Å². The first kappa shape index (κ1) is 14.0. The van der Waals surface area contributed by atoms with E-state index in [1.807, 2.05) is 4.90 Å². The summed E-state index contributed by atoms with van der Waals surface area (Å²) in [4.78, 5) is 6.99. The van der Waals surface area contributed by atoms with Gasteiger partial charge in [-0.15, -0.1) is 0 Å². The van der Waals surface area contributed by atoms with Crippen LogP contribution in [0.25, 0.3) is 0 Å². The standard InChI is InChI=1S/C19H30N2/c1-21-13-16(12-15-7-3-5-9-19(15)21)18-11-10-14-6-2-4-8-17(14)20-18/h15-16,19H,2-13H2,1H3/p+1. The van der Waals surface area contributed by atoms with E-state index in [0.717, 1.165) is 17.9 Å². The molecule has 2 aliphatic carbocycles. The van der Waals surface area contributed by atoms with Gasteiger partial charge in [0.05, 0.1) is 19.6 Å². The fourth-order valence-electron chi connectivity index (χ4n) is 5.54. The number of piperidine rings is 1. The number of likely N-dealkylation sites (tertiary alicyclic amines) is 1. The largest absolute Gasteiger partial charge is 0.334 e. The maximum Gasteiger partial charge on any atom is 0.0901 e. The van der Waals surface area contributed by atoms with Crippen molar-refractivity contribution in [3.63, 3.8) is 0 Å². The van der Waals surface area contributed by atoms with Crippen LogP contribution in [0.15, 0.2) is 16.3 Å². The third-order valence-electron chi connectivity index (χ3n) is 6.68. The van der Waals surface area contributed by atoms with Gasteiger partial charge in [-0.25, -0.2) is 0 Å². The SMILES string of the molecule is C[NH+]1CC(C2=NC3=C(CCCC3)CC2)CC2CCCCC21. The molecular formula is C19H31N2+. The van der Waals surface area contributed by atoms with Gasteiger partial charge in [-0.05, 0) is 69.8 Å². The van der Waals surface area contributed by atoms with Gasteiger partial charge in [0.2, 0.25) is 0 Å². The van der Waals surface area contributed by atoms with Crippen LogP contribution >= 0.6 is 0 Å². The van der Waals surface area contributed by atoms with Gasteiger partial charge in [0.25, 0.3) is 0 Å². The van der Waals surface area contributed by atoms with Crippen molar-refractivity contribution in [3.05, 3.63) is 11.3 Å². The number of nitrogens with one attached hydrogen (secondary N) is 1. The number of fused-ring (bicyclic) bond motifs is 1. The average Bonchev–Trinajstić information content (AvgIpc) is 2.54. The highest BCUT2D eigenvalue weighted by molar-refractivity contribution is 5.89. The van der Waals surface area contributed by atoms with Crippen molar-refractivity contribution in [2.24, 2.45) is 16.8 Å². The summed E-state index contributed by atoms with van der Waals surface area (Å²) in [6, 6.07) is 0.962. The van der Waals surface area contributed by atoms with Crippen LogP contribution in [0.2, 0.25) is 0 Å². The minimum absolute atomic E-state index is 0.792. The van der Waals surface area contributed by atoms with E-state index < -0.39 is 0 Å². The summed E-state index contributed by atoms with van der Waals surface area (Å²) >= 11 is 0. The molecule has 4 atom stereocenters. The Morgan fingerprint density at radius 1 is 0.952 bits per heavy atom. The third-order valence-corrected chi connectivity index (χ3v) is 6.68. The van der Waals surface area contributed by atoms with E-state index in [1.165, 1.54) is 82.9 Å². The molecule has 2 fully saturated rings. The number of aliphatic imine (C=N–C) groups is 1. The summed E-state index contributed by atoms with van der Waals surface area (Å²) in [6.07, 6.45) is 15.3. The van der Waals surface area contributed by atoms with Crippen LogP contribution in [0, 0.1) is 11.8 Å². The molecule has 0 bridgehead atoms. The highest BCUT2D eigenvalue weighted by Gasteiger charge is 2.40. The molecule has 2 aliphatic heterocycles. The molecular weight excluding hydrogens is 256 g/mol. The molecule has 0 radical (unpaired) electrons. The predicted molar refractivity (Wildman–Crippen MR) is 87.8 cm³/mol. The van der Waals surface area contributed by atoms with Crippen molar-refractivity contribution < 1.29 is 4.90 Å². The van der Waals surface area contributed by atoms with Crippen LogP contribution in [0.1, 0.15) is 70.6 Å². The van der Waals surface area contributed by atoms with E-state index in [4.69, 9.17) is 4.99 Å². The van der Waals surface area contributed by atoms with Crippen LogP contribution < -0.4 is 4.90 Å². The summed E-state index contributed by atoms with van der Waals surface area (Å²) < 4.78 is 0. The minimum atomic E-state index is 0.792. The summed E-state index contributed by atoms with van der Waals surface area (Å²) in [5.74, 6) is 1.78. The molecule has 1 saturated heterocycles. The summed E-state index contributed by atoms with van der Waals surface area (Å²) in [5, 5.41) is 0. The zero-order chi connectivity index (χ0) is 14.2. The summed E-state index contributed by atoms with van der Waals surface area (Å²) in [6.45, 7) is 1.35. The first-order chi connectivity index (χ1) is 10.3. The quantitative estimate of drug-likeness (QED) is 0.763. The van der Waals surface area contributed by atoms with E-state index in [2.05, 4.69) is 7.05 Å². The van der Waals surface area contributed by atoms with Crippen LogP contribution in [0.3, 0.4) is 0 Å². The molecule has 21 heavy (non-hydrogen) atoms. The van der Waals surface area contributed by atoms with Crippen LogP contribution in [0.5, 0.6) is 0 Å². The number of rotatable bonds is 1. The lowest BCUT2D eigenvalue weighted by Gasteiger charge is -2.43. The highest BCUT2D eigenvalue weighted by atomic mass is 15.1. The van der Waals surface area contributed by atoms with Crippen LogP contribution in [-0.4, -0.2) is 25.3 Å². The first-order valence-corrected chi connectivity index (χ1v) is 9.42. The van der Waals surface area contributed by atoms with Gasteiger partial charge in [0.15, 0.2) is 0 Å². The molecule has 0 aromatic rings. The number of hydrogen-bond donors (Lipinski definition) is 1. The molecule has 116 valence electrons. The topological polar surface area (TPSA) is 16.8 Å². The molecule has 4 aliphatic rings. The van der Waals surface area contributed by atoms with Crippen LogP contribution in [-0.2, 0) is 0 Å². The number of quaternary nitrogens is 1. The Morgan fingerprint density at radius 2 is 1.81 bits per heavy atom. The van der Waals surface area contributed by atoms with Crippen molar-refractivity contribution in [2.75, 3.05) is 13.6 Å². The first-order valence-electron chi connectivity index (χ1n) is 9.42. The lowest BCUT2D eigenvalue weighted by atomic mass is 9.73. The van der Waals surface area contributed by atoms with Crippen molar-refractivity contribution in [3.8, 4) is 0 Å². The molecule has 0 spiro atoms. The summed E-state index contributed by atoms with van der Waals surface area (Å²) in [5.41, 5.74) is 4.79. The molecule has 1 saturated carbocycles. The number of nitrogens with zero attached hydrogens (tertiary/aromatic N) is 1. The second kappa shape index (κ2) is 5.87. The smallest absolute Gasteiger partial charge is 0.0901 e. The Bertz CT molecular complexity index is 462. The van der Waals surface area contributed by atoms with E-state index in [9.17, 15) is 0 Å². The molecule has 1 N–H and O–H groups in total. The Morgan fingerprint density at radius 3 is 2.76 bits per heavy atom. The van der Waals surface area contributed by atoms with Crippen molar-refractivity contribution in [1.29, 1.82) is 0 Å². The highest BCUT2D eigenvalue weighted by Crippen LogP contribution is 2.36. The fourth-order valence-corrected chi connectivity index (χ4v) is 5.54. The van der Waals surface area contributed by atoms with E-state index in [-0.39, 0.29) is 0 Å². The number of hydrogen-bond acceptors (Lipinski definition) is 1. The van der Waals surface area contributed by atoms with Crippen molar-refractivity contribution >= 4 is 5.71 Å². The van der Waals surface area contributed by atoms with Gasteiger partial charge in [-0.3, -0.25) is 4.99 Å². The van der Waals surface area contributed by atoms with E-state index in [0.29, 0.717) is 0 Å². The predicted octanol–water partition coefficient (Wildman–Crippen LogP) is 3.14. The van der Waals surface area contributed by atoms with Gasteiger partial charge in [-0.2, -0.15) is 0 Å². The second-order valence-electron chi connectivity index (χ2n) is 7.99. The maximum absolute atomic E-state index is 5.18. The Balaban J connectivity index is 1.51. The van der Waals surface area contributed by atoms with Gasteiger partial charge in [0.1, 0.15) is 0 Å². The zero-order valence-electron chi connectivity index (χ0n) is 13.7. The summed E-state index contributed by atoms with van der Waals surface area (Å²) in [7, 11) is 2.45. The average molecular weight is 287 g/mol. The monoisotopic (exact) mass is 287 g/mol. The molecule has 2 heteroatoms. The molecule has 0 aromatic carbocycles.